The molecule has 0 spiro atoms. The molecule has 2 N–H and O–H groups in total. The van der Waals surface area contributed by atoms with Gasteiger partial charge in [-0.2, -0.15) is 0 Å². The lowest BCUT2D eigenvalue weighted by molar-refractivity contribution is 0.0162. The molecule has 0 saturated carbocycles. The molecule has 152 valence electrons. The molecule has 3 aromatic rings. The molecule has 29 heavy (non-hydrogen) atoms. The Morgan fingerprint density at radius 1 is 1.10 bits per heavy atom. The second-order valence-electron chi connectivity index (χ2n) is 7.92. The molecule has 2 heterocycles. The van der Waals surface area contributed by atoms with Gasteiger partial charge in [0.25, 0.3) is 5.91 Å². The Morgan fingerprint density at radius 3 is 2.55 bits per heavy atom. The topological polar surface area (TPSA) is 57.4 Å². The third-order valence-corrected chi connectivity index (χ3v) is 5.97. The molecule has 1 aliphatic rings. The number of benzene rings is 2. The summed E-state index contributed by atoms with van der Waals surface area (Å²) >= 11 is 0. The van der Waals surface area contributed by atoms with Crippen LogP contribution in [0.5, 0.6) is 0 Å². The highest BCUT2D eigenvalue weighted by atomic mass is 16.5. The van der Waals surface area contributed by atoms with Gasteiger partial charge in [0.15, 0.2) is 0 Å². The van der Waals surface area contributed by atoms with Gasteiger partial charge in [-0.25, -0.2) is 0 Å². The number of H-pyrrole nitrogens is 1. The predicted octanol–water partition coefficient (Wildman–Crippen LogP) is 3.90. The number of fused-ring (bicyclic) bond motifs is 1. The van der Waals surface area contributed by atoms with Crippen molar-refractivity contribution < 1.29 is 9.53 Å². The highest BCUT2D eigenvalue weighted by Crippen LogP contribution is 2.24. The summed E-state index contributed by atoms with van der Waals surface area (Å²) < 4.78 is 5.52. The number of carbonyl (C=O) groups excluding carboxylic acids is 1. The van der Waals surface area contributed by atoms with Crippen LogP contribution in [0, 0.1) is 20.8 Å². The summed E-state index contributed by atoms with van der Waals surface area (Å²) in [6.45, 7) is 10.0. The Balaban J connectivity index is 1.52. The minimum Gasteiger partial charge on any atom is -0.379 e. The fourth-order valence-electron chi connectivity index (χ4n) is 4.03. The van der Waals surface area contributed by atoms with E-state index in [-0.39, 0.29) is 11.9 Å². The van der Waals surface area contributed by atoms with Crippen molar-refractivity contribution >= 4 is 16.8 Å². The summed E-state index contributed by atoms with van der Waals surface area (Å²) in [4.78, 5) is 18.7. The largest absolute Gasteiger partial charge is 0.379 e. The minimum absolute atomic E-state index is 0.0319. The van der Waals surface area contributed by atoms with Crippen LogP contribution in [0.15, 0.2) is 42.5 Å². The number of aromatic nitrogens is 1. The molecule has 4 rings (SSSR count). The van der Waals surface area contributed by atoms with E-state index in [4.69, 9.17) is 4.74 Å². The van der Waals surface area contributed by atoms with Crippen LogP contribution in [-0.4, -0.2) is 48.6 Å². The smallest absolute Gasteiger partial charge is 0.251 e. The van der Waals surface area contributed by atoms with Crippen LogP contribution in [0.3, 0.4) is 0 Å². The molecule has 1 aromatic heterocycles. The molecule has 2 aromatic carbocycles. The molecule has 0 radical (unpaired) electrons. The third-order valence-electron chi connectivity index (χ3n) is 5.97. The Bertz CT molecular complexity index is 1000. The zero-order chi connectivity index (χ0) is 20.4. The summed E-state index contributed by atoms with van der Waals surface area (Å²) in [6, 6.07) is 14.6. The van der Waals surface area contributed by atoms with Crippen LogP contribution in [0.2, 0.25) is 0 Å². The van der Waals surface area contributed by atoms with Crippen molar-refractivity contribution in [2.24, 2.45) is 0 Å². The van der Waals surface area contributed by atoms with E-state index in [9.17, 15) is 4.79 Å². The summed E-state index contributed by atoms with van der Waals surface area (Å²) in [5, 5.41) is 4.28. The minimum atomic E-state index is -0.0319. The summed E-state index contributed by atoms with van der Waals surface area (Å²) in [5.41, 5.74) is 6.57. The van der Waals surface area contributed by atoms with Crippen LogP contribution in [0.25, 0.3) is 10.9 Å². The van der Waals surface area contributed by atoms with Gasteiger partial charge in [-0.15, -0.1) is 0 Å². The first-order chi connectivity index (χ1) is 14.0. The van der Waals surface area contributed by atoms with Gasteiger partial charge in [0.05, 0.1) is 19.3 Å². The fourth-order valence-corrected chi connectivity index (χ4v) is 4.03. The van der Waals surface area contributed by atoms with Gasteiger partial charge in [-0.05, 0) is 50.1 Å². The normalized spacial score (nSPS) is 16.1. The average molecular weight is 392 g/mol. The molecule has 1 fully saturated rings. The van der Waals surface area contributed by atoms with Gasteiger partial charge in [-0.3, -0.25) is 9.69 Å². The van der Waals surface area contributed by atoms with Crippen molar-refractivity contribution in [3.63, 3.8) is 0 Å². The number of nitrogens with zero attached hydrogens (tertiary/aromatic N) is 1. The molecule has 1 atom stereocenters. The Kier molecular flexibility index (Phi) is 5.69. The molecule has 1 unspecified atom stereocenters. The lowest BCUT2D eigenvalue weighted by Gasteiger charge is -2.35. The second-order valence-corrected chi connectivity index (χ2v) is 7.92. The van der Waals surface area contributed by atoms with E-state index in [1.165, 1.54) is 16.7 Å². The monoisotopic (exact) mass is 391 g/mol. The van der Waals surface area contributed by atoms with Gasteiger partial charge in [0, 0.05) is 41.8 Å². The highest BCUT2D eigenvalue weighted by molar-refractivity contribution is 5.99. The van der Waals surface area contributed by atoms with E-state index >= 15 is 0 Å². The zero-order valence-electron chi connectivity index (χ0n) is 17.4. The maximum Gasteiger partial charge on any atom is 0.251 e. The summed E-state index contributed by atoms with van der Waals surface area (Å²) in [6.07, 6.45) is 0. The number of morpholine rings is 1. The van der Waals surface area contributed by atoms with Crippen molar-refractivity contribution in [3.8, 4) is 0 Å². The van der Waals surface area contributed by atoms with Crippen LogP contribution in [0.4, 0.5) is 0 Å². The molecule has 0 bridgehead atoms. The van der Waals surface area contributed by atoms with E-state index in [1.54, 1.807) is 0 Å². The second kappa shape index (κ2) is 8.39. The maximum atomic E-state index is 12.9. The number of hydrogen-bond acceptors (Lipinski definition) is 3. The number of hydrogen-bond donors (Lipinski definition) is 2. The third kappa shape index (κ3) is 4.21. The first-order valence-corrected chi connectivity index (χ1v) is 10.3. The maximum absolute atomic E-state index is 12.9. The molecule has 1 aliphatic heterocycles. The highest BCUT2D eigenvalue weighted by Gasteiger charge is 2.23. The number of aryl methyl sites for hydroxylation is 3. The van der Waals surface area contributed by atoms with E-state index in [2.05, 4.69) is 60.2 Å². The van der Waals surface area contributed by atoms with Crippen LogP contribution >= 0.6 is 0 Å². The number of nitrogens with one attached hydrogen (secondary N) is 2. The molecule has 0 aliphatic carbocycles. The number of carbonyl (C=O) groups is 1. The Hall–Kier alpha value is -2.63. The lowest BCUT2D eigenvalue weighted by Crippen LogP contribution is -2.43. The number of aromatic amines is 1. The van der Waals surface area contributed by atoms with Gasteiger partial charge >= 0.3 is 0 Å². The zero-order valence-corrected chi connectivity index (χ0v) is 17.4. The van der Waals surface area contributed by atoms with Gasteiger partial charge in [-0.1, -0.05) is 29.8 Å². The number of ether oxygens (including phenoxy) is 1. The van der Waals surface area contributed by atoms with Gasteiger partial charge in [0.2, 0.25) is 0 Å². The lowest BCUT2D eigenvalue weighted by atomic mass is 10.0. The van der Waals surface area contributed by atoms with E-state index < -0.39 is 0 Å². The van der Waals surface area contributed by atoms with Gasteiger partial charge in [0.1, 0.15) is 0 Å². The van der Waals surface area contributed by atoms with Crippen molar-refractivity contribution in [2.45, 2.75) is 26.8 Å². The summed E-state index contributed by atoms with van der Waals surface area (Å²) in [5.74, 6) is -0.0319. The van der Waals surface area contributed by atoms with Crippen LogP contribution < -0.4 is 5.32 Å². The van der Waals surface area contributed by atoms with Crippen molar-refractivity contribution in [2.75, 3.05) is 32.8 Å². The first kappa shape index (κ1) is 19.7. The average Bonchev–Trinajstić information content (AvgIpc) is 3.03. The van der Waals surface area contributed by atoms with Crippen molar-refractivity contribution in [1.82, 2.24) is 15.2 Å². The van der Waals surface area contributed by atoms with E-state index in [0.29, 0.717) is 12.1 Å². The summed E-state index contributed by atoms with van der Waals surface area (Å²) in [7, 11) is 0. The number of amides is 1. The molecule has 1 saturated heterocycles. The van der Waals surface area contributed by atoms with Gasteiger partial charge < -0.3 is 15.0 Å². The Labute approximate surface area is 172 Å². The molecular weight excluding hydrogens is 362 g/mol. The molecule has 1 amide bonds. The quantitative estimate of drug-likeness (QED) is 0.694. The Morgan fingerprint density at radius 2 is 1.83 bits per heavy atom. The molecule has 5 nitrogen and oxygen atoms in total. The van der Waals surface area contributed by atoms with Crippen molar-refractivity contribution in [3.05, 3.63) is 70.4 Å². The SMILES string of the molecule is Cc1ccc(C(CNC(=O)c2ccc3[nH]c(C)c(C)c3c2)N2CCOCC2)cc1. The number of rotatable bonds is 5. The van der Waals surface area contributed by atoms with Crippen molar-refractivity contribution in [1.29, 1.82) is 0 Å². The van der Waals surface area contributed by atoms with E-state index in [0.717, 1.165) is 42.9 Å². The molecular formula is C24H29N3O2. The van der Waals surface area contributed by atoms with Crippen LogP contribution in [0.1, 0.15) is 38.8 Å². The fraction of sp³-hybridized carbons (Fsp3) is 0.375. The standard InChI is InChI=1S/C24H29N3O2/c1-16-4-6-19(7-5-16)23(27-10-12-29-13-11-27)15-25-24(28)20-8-9-22-21(14-20)17(2)18(3)26-22/h4-9,14,23,26H,10-13,15H2,1-3H3,(H,25,28). The van der Waals surface area contributed by atoms with Crippen LogP contribution in [-0.2, 0) is 4.74 Å². The molecule has 5 heteroatoms. The predicted molar refractivity (Wildman–Crippen MR) is 116 cm³/mol. The van der Waals surface area contributed by atoms with E-state index in [1.807, 2.05) is 18.2 Å². The first-order valence-electron chi connectivity index (χ1n) is 10.3.